The Kier molecular flexibility index (Phi) is 10.3. The van der Waals surface area contributed by atoms with Gasteiger partial charge in [-0.2, -0.15) is 0 Å². The number of ketones is 1. The highest BCUT2D eigenvalue weighted by atomic mass is 32.2. The predicted octanol–water partition coefficient (Wildman–Crippen LogP) is 3.10. The molecule has 43 heavy (non-hydrogen) atoms. The SMILES string of the molecule is CS(=O)(=O)c1ccc(C[C@H](NC(=O)OCc2ccccc2)[C@@H](O)C(=O)C2(C(=O)OCc3ccccc3)CCCC2N)cc1. The van der Waals surface area contributed by atoms with Crippen LogP contribution in [0.5, 0.6) is 0 Å². The molecule has 1 aliphatic carbocycles. The van der Waals surface area contributed by atoms with Gasteiger partial charge in [0.25, 0.3) is 0 Å². The number of sulfone groups is 1. The summed E-state index contributed by atoms with van der Waals surface area (Å²) in [6.45, 7) is -0.120. The summed E-state index contributed by atoms with van der Waals surface area (Å²) in [6.07, 6.45) is -0.781. The lowest BCUT2D eigenvalue weighted by Crippen LogP contribution is -2.59. The van der Waals surface area contributed by atoms with Crippen molar-refractivity contribution in [2.45, 2.75) is 62.0 Å². The molecule has 4 N–H and O–H groups in total. The van der Waals surface area contributed by atoms with Gasteiger partial charge in [-0.1, -0.05) is 79.2 Å². The van der Waals surface area contributed by atoms with Crippen molar-refractivity contribution in [1.29, 1.82) is 0 Å². The molecular formula is C32H36N2O8S. The highest BCUT2D eigenvalue weighted by Crippen LogP contribution is 2.41. The van der Waals surface area contributed by atoms with E-state index in [1.807, 2.05) is 12.1 Å². The van der Waals surface area contributed by atoms with Gasteiger partial charge in [0.1, 0.15) is 24.7 Å². The minimum atomic E-state index is -3.45. The Labute approximate surface area is 251 Å². The molecule has 0 spiro atoms. The molecule has 0 aliphatic heterocycles. The van der Waals surface area contributed by atoms with Crippen LogP contribution in [0.1, 0.15) is 36.0 Å². The molecule has 1 amide bonds. The average molecular weight is 609 g/mol. The molecule has 228 valence electrons. The summed E-state index contributed by atoms with van der Waals surface area (Å²) in [6, 6.07) is 21.7. The van der Waals surface area contributed by atoms with Crippen LogP contribution in [0.15, 0.2) is 89.8 Å². The van der Waals surface area contributed by atoms with Crippen LogP contribution < -0.4 is 11.1 Å². The maximum Gasteiger partial charge on any atom is 0.407 e. The van der Waals surface area contributed by atoms with E-state index in [-0.39, 0.29) is 31.0 Å². The quantitative estimate of drug-likeness (QED) is 0.207. The lowest BCUT2D eigenvalue weighted by atomic mass is 9.74. The van der Waals surface area contributed by atoms with Crippen LogP contribution in [-0.4, -0.2) is 55.8 Å². The summed E-state index contributed by atoms with van der Waals surface area (Å²) in [5.74, 6) is -1.68. The fourth-order valence-corrected chi connectivity index (χ4v) is 5.91. The number of carbonyl (C=O) groups excluding carboxylic acids is 3. The van der Waals surface area contributed by atoms with Crippen LogP contribution in [-0.2, 0) is 48.5 Å². The van der Waals surface area contributed by atoms with Gasteiger partial charge < -0.3 is 25.6 Å². The van der Waals surface area contributed by atoms with E-state index in [2.05, 4.69) is 5.32 Å². The zero-order chi connectivity index (χ0) is 31.0. The first-order valence-electron chi connectivity index (χ1n) is 14.0. The lowest BCUT2D eigenvalue weighted by molar-refractivity contribution is -0.165. The topological polar surface area (TPSA) is 162 Å². The Morgan fingerprint density at radius 3 is 1.98 bits per heavy atom. The fourth-order valence-electron chi connectivity index (χ4n) is 5.28. The first kappa shape index (κ1) is 31.9. The fraction of sp³-hybridized carbons (Fsp3) is 0.344. The summed E-state index contributed by atoms with van der Waals surface area (Å²) in [5, 5.41) is 14.0. The van der Waals surface area contributed by atoms with Gasteiger partial charge in [0.05, 0.1) is 10.9 Å². The monoisotopic (exact) mass is 608 g/mol. The molecule has 2 unspecified atom stereocenters. The second kappa shape index (κ2) is 13.9. The van der Waals surface area contributed by atoms with Gasteiger partial charge in [-0.15, -0.1) is 0 Å². The van der Waals surface area contributed by atoms with Gasteiger partial charge in [0.15, 0.2) is 15.6 Å². The third-order valence-corrected chi connectivity index (χ3v) is 8.84. The zero-order valence-electron chi connectivity index (χ0n) is 23.8. The summed E-state index contributed by atoms with van der Waals surface area (Å²) in [5.41, 5.74) is 6.53. The van der Waals surface area contributed by atoms with Gasteiger partial charge in [0, 0.05) is 12.3 Å². The van der Waals surface area contributed by atoms with Crippen molar-refractivity contribution in [1.82, 2.24) is 5.32 Å². The number of hydrogen-bond acceptors (Lipinski definition) is 9. The standard InChI is InChI=1S/C32H36N2O8S/c1-43(39,40)25-16-14-22(15-17-25)19-26(34-31(38)42-21-24-11-6-3-7-12-24)28(35)29(36)32(18-8-13-27(32)33)30(37)41-20-23-9-4-2-5-10-23/h2-7,9-12,14-17,26-28,35H,8,13,18-21,33H2,1H3,(H,34,38)/t26-,27?,28+,32?/m0/s1. The summed E-state index contributed by atoms with van der Waals surface area (Å²) in [4.78, 5) is 40.4. The Morgan fingerprint density at radius 1 is 0.907 bits per heavy atom. The van der Waals surface area contributed by atoms with Crippen LogP contribution in [0.2, 0.25) is 0 Å². The molecule has 4 rings (SSSR count). The molecule has 1 saturated carbocycles. The molecule has 0 aromatic heterocycles. The molecule has 10 nitrogen and oxygen atoms in total. The number of nitrogens with one attached hydrogen (secondary N) is 1. The molecule has 1 aliphatic rings. The molecule has 0 bridgehead atoms. The van der Waals surface area contributed by atoms with Crippen molar-refractivity contribution >= 4 is 27.7 Å². The highest BCUT2D eigenvalue weighted by molar-refractivity contribution is 7.90. The maximum absolute atomic E-state index is 14.0. The number of hydrogen-bond donors (Lipinski definition) is 3. The summed E-state index contributed by atoms with van der Waals surface area (Å²) >= 11 is 0. The third kappa shape index (κ3) is 7.86. The maximum atomic E-state index is 14.0. The number of aliphatic hydroxyl groups is 1. The van der Waals surface area contributed by atoms with Gasteiger partial charge in [-0.25, -0.2) is 13.2 Å². The minimum absolute atomic E-state index is 0.0485. The zero-order valence-corrected chi connectivity index (χ0v) is 24.7. The number of aliphatic hydroxyl groups excluding tert-OH is 1. The second-order valence-electron chi connectivity index (χ2n) is 10.8. The van der Waals surface area contributed by atoms with Crippen LogP contribution in [0.3, 0.4) is 0 Å². The van der Waals surface area contributed by atoms with E-state index in [9.17, 15) is 27.9 Å². The number of amides is 1. The van der Waals surface area contributed by atoms with Gasteiger partial charge in [-0.05, 0) is 48.1 Å². The number of ether oxygens (including phenoxy) is 2. The minimum Gasteiger partial charge on any atom is -0.460 e. The Balaban J connectivity index is 1.56. The molecule has 4 atom stereocenters. The molecular weight excluding hydrogens is 572 g/mol. The van der Waals surface area contributed by atoms with Crippen LogP contribution in [0.4, 0.5) is 4.79 Å². The lowest BCUT2D eigenvalue weighted by Gasteiger charge is -2.34. The van der Waals surface area contributed by atoms with Gasteiger partial charge >= 0.3 is 12.1 Å². The van der Waals surface area contributed by atoms with Gasteiger partial charge in [-0.3, -0.25) is 9.59 Å². The van der Waals surface area contributed by atoms with E-state index in [1.54, 1.807) is 48.5 Å². The van der Waals surface area contributed by atoms with E-state index in [0.29, 0.717) is 18.4 Å². The van der Waals surface area contributed by atoms with Crippen molar-refractivity contribution in [3.8, 4) is 0 Å². The molecule has 1 fully saturated rings. The number of alkyl carbamates (subject to hydrolysis) is 1. The van der Waals surface area contributed by atoms with Crippen molar-refractivity contribution in [2.75, 3.05) is 6.26 Å². The van der Waals surface area contributed by atoms with Crippen molar-refractivity contribution in [3.05, 3.63) is 102 Å². The number of Topliss-reactive ketones (excluding diaryl/α,β-unsaturated/α-hetero) is 1. The summed E-state index contributed by atoms with van der Waals surface area (Å²) < 4.78 is 34.7. The smallest absolute Gasteiger partial charge is 0.407 e. The molecule has 11 heteroatoms. The first-order chi connectivity index (χ1) is 20.5. The van der Waals surface area contributed by atoms with E-state index in [0.717, 1.165) is 17.4 Å². The van der Waals surface area contributed by atoms with E-state index in [4.69, 9.17) is 15.2 Å². The molecule has 0 saturated heterocycles. The number of rotatable bonds is 12. The summed E-state index contributed by atoms with van der Waals surface area (Å²) in [7, 11) is -3.45. The van der Waals surface area contributed by atoms with Crippen molar-refractivity contribution < 1.29 is 37.4 Å². The predicted molar refractivity (Wildman–Crippen MR) is 158 cm³/mol. The van der Waals surface area contributed by atoms with Crippen LogP contribution in [0, 0.1) is 5.41 Å². The molecule has 3 aromatic carbocycles. The number of nitrogens with two attached hydrogens (primary N) is 1. The van der Waals surface area contributed by atoms with Crippen molar-refractivity contribution in [2.24, 2.45) is 11.1 Å². The Hall–Kier alpha value is -4.06. The molecule has 0 radical (unpaired) electrons. The van der Waals surface area contributed by atoms with Crippen LogP contribution >= 0.6 is 0 Å². The number of esters is 1. The van der Waals surface area contributed by atoms with E-state index in [1.165, 1.54) is 24.3 Å². The largest absolute Gasteiger partial charge is 0.460 e. The van der Waals surface area contributed by atoms with Gasteiger partial charge in [0.2, 0.25) is 0 Å². The number of benzene rings is 3. The Morgan fingerprint density at radius 2 is 1.47 bits per heavy atom. The van der Waals surface area contributed by atoms with E-state index >= 15 is 0 Å². The number of carbonyl (C=O) groups is 3. The van der Waals surface area contributed by atoms with Crippen LogP contribution in [0.25, 0.3) is 0 Å². The third-order valence-electron chi connectivity index (χ3n) is 7.71. The average Bonchev–Trinajstić information content (AvgIpc) is 3.40. The van der Waals surface area contributed by atoms with E-state index < -0.39 is 51.3 Å². The molecule has 0 heterocycles. The highest BCUT2D eigenvalue weighted by Gasteiger charge is 2.57. The first-order valence-corrected chi connectivity index (χ1v) is 15.8. The van der Waals surface area contributed by atoms with Crippen molar-refractivity contribution in [3.63, 3.8) is 0 Å². The Bertz CT molecular complexity index is 1510. The molecule has 3 aromatic rings. The normalized spacial score (nSPS) is 19.7. The second-order valence-corrected chi connectivity index (χ2v) is 12.8.